The number of ketones is 1. The van der Waals surface area contributed by atoms with Gasteiger partial charge in [0.05, 0.1) is 5.76 Å². The molecule has 1 radical (unpaired) electrons. The Morgan fingerprint density at radius 3 is 2.20 bits per heavy atom. The van der Waals surface area contributed by atoms with Gasteiger partial charge in [-0.2, -0.15) is 0 Å². The Bertz CT molecular complexity index is 1710. The molecule has 1 aromatic heterocycles. The maximum Gasteiger partial charge on any atom is 0.162 e. The van der Waals surface area contributed by atoms with Crippen LogP contribution < -0.4 is 9.13 Å². The Morgan fingerprint density at radius 2 is 1.61 bits per heavy atom. The van der Waals surface area contributed by atoms with Crippen molar-refractivity contribution in [3.63, 3.8) is 0 Å². The third kappa shape index (κ3) is 8.51. The minimum absolute atomic E-state index is 0. The first-order chi connectivity index (χ1) is 21.2. The van der Waals surface area contributed by atoms with Crippen molar-refractivity contribution in [1.29, 1.82) is 0 Å². The number of pyridine rings is 1. The number of hydrogen-bond acceptors (Lipinski definition) is 4. The molecule has 0 spiro atoms. The number of aliphatic hydroxyl groups excluding tert-OH is 1. The van der Waals surface area contributed by atoms with Crippen molar-refractivity contribution in [1.82, 2.24) is 4.98 Å². The van der Waals surface area contributed by atoms with E-state index < -0.39 is 13.3 Å². The predicted molar refractivity (Wildman–Crippen MR) is 194 cm³/mol. The minimum Gasteiger partial charge on any atom is -0.512 e. The maximum absolute atomic E-state index is 11.7. The summed E-state index contributed by atoms with van der Waals surface area (Å²) >= 11 is -2.28. The second kappa shape index (κ2) is 15.6. The van der Waals surface area contributed by atoms with E-state index in [4.69, 9.17) is 9.72 Å². The molecule has 0 saturated carbocycles. The molecular formula is C40H52GeIrNO3-. The van der Waals surface area contributed by atoms with Crippen LogP contribution in [0.25, 0.3) is 32.8 Å². The van der Waals surface area contributed by atoms with Gasteiger partial charge >= 0.3 is 182 Å². The van der Waals surface area contributed by atoms with E-state index in [0.717, 1.165) is 65.6 Å². The summed E-state index contributed by atoms with van der Waals surface area (Å²) in [6.07, 6.45) is 7.85. The summed E-state index contributed by atoms with van der Waals surface area (Å²) in [5.74, 6) is 9.78. The fourth-order valence-corrected chi connectivity index (χ4v) is 10.4. The number of carbonyl (C=O) groups excluding carboxylic acids is 1. The quantitative estimate of drug-likeness (QED) is 0.0694. The van der Waals surface area contributed by atoms with Gasteiger partial charge < -0.3 is 5.11 Å². The Hall–Kier alpha value is -2.47. The van der Waals surface area contributed by atoms with Crippen LogP contribution in [-0.2, 0) is 31.3 Å². The molecule has 0 amide bonds. The zero-order valence-corrected chi connectivity index (χ0v) is 33.9. The van der Waals surface area contributed by atoms with E-state index in [1.807, 2.05) is 33.9 Å². The molecule has 3 aromatic carbocycles. The summed E-state index contributed by atoms with van der Waals surface area (Å²) in [5, 5.41) is 14.5. The predicted octanol–water partition coefficient (Wildman–Crippen LogP) is 11.0. The van der Waals surface area contributed by atoms with Crippen LogP contribution in [0, 0.1) is 23.3 Å². The number of rotatable bonds is 9. The van der Waals surface area contributed by atoms with Crippen molar-refractivity contribution in [2.45, 2.75) is 97.8 Å². The monoisotopic (exact) mass is 861 g/mol. The van der Waals surface area contributed by atoms with Gasteiger partial charge in [0.1, 0.15) is 0 Å². The van der Waals surface area contributed by atoms with Gasteiger partial charge in [0.25, 0.3) is 0 Å². The van der Waals surface area contributed by atoms with Crippen molar-refractivity contribution in [3.05, 3.63) is 72.1 Å². The molecule has 46 heavy (non-hydrogen) atoms. The van der Waals surface area contributed by atoms with Gasteiger partial charge in [-0.3, -0.25) is 4.79 Å². The molecule has 4 nitrogen and oxygen atoms in total. The zero-order valence-electron chi connectivity index (χ0n) is 29.4. The molecule has 0 atom stereocenters. The average molecular weight is 860 g/mol. The summed E-state index contributed by atoms with van der Waals surface area (Å²) in [6, 6.07) is 18.9. The second-order valence-electron chi connectivity index (χ2n) is 14.7. The molecule has 0 fully saturated rings. The Kier molecular flexibility index (Phi) is 12.9. The van der Waals surface area contributed by atoms with Crippen LogP contribution in [0.15, 0.2) is 60.5 Å². The number of carbonyl (C=O) groups is 1. The fourth-order valence-electron chi connectivity index (χ4n) is 6.47. The number of aromatic nitrogens is 1. The second-order valence-corrected chi connectivity index (χ2v) is 25.2. The number of benzene rings is 3. The van der Waals surface area contributed by atoms with E-state index in [1.165, 1.54) is 26.8 Å². The van der Waals surface area contributed by atoms with Crippen molar-refractivity contribution in [2.24, 2.45) is 17.3 Å². The molecule has 1 aliphatic rings. The van der Waals surface area contributed by atoms with Crippen molar-refractivity contribution in [3.8, 4) is 22.8 Å². The molecule has 0 bridgehead atoms. The number of nitrogens with zero attached hydrogens (tertiary/aromatic N) is 1. The van der Waals surface area contributed by atoms with Crippen molar-refractivity contribution in [2.75, 3.05) is 0 Å². The molecule has 249 valence electrons. The van der Waals surface area contributed by atoms with Gasteiger partial charge in [0, 0.05) is 38.0 Å². The first-order valence-corrected chi connectivity index (χ1v) is 24.1. The summed E-state index contributed by atoms with van der Waals surface area (Å²) in [6.45, 7) is 14.9. The molecule has 5 rings (SSSR count). The topological polar surface area (TPSA) is 59.4 Å². The Labute approximate surface area is 293 Å². The van der Waals surface area contributed by atoms with Crippen LogP contribution >= 0.6 is 0 Å². The van der Waals surface area contributed by atoms with Gasteiger partial charge in [-0.15, -0.1) is 0 Å². The van der Waals surface area contributed by atoms with Gasteiger partial charge in [-0.1, -0.05) is 27.7 Å². The Balaban J connectivity index is 0.000000309. The van der Waals surface area contributed by atoms with E-state index in [0.29, 0.717) is 0 Å². The normalized spacial score (nSPS) is 12.8. The van der Waals surface area contributed by atoms with E-state index in [1.54, 1.807) is 0 Å². The molecule has 4 aromatic rings. The molecular weight excluding hydrogens is 807 g/mol. The van der Waals surface area contributed by atoms with Crippen LogP contribution in [0.3, 0.4) is 0 Å². The minimum atomic E-state index is -2.28. The number of aliphatic hydroxyl groups is 1. The van der Waals surface area contributed by atoms with Crippen LogP contribution in [0.1, 0.15) is 79.7 Å². The third-order valence-corrected chi connectivity index (χ3v) is 13.0. The van der Waals surface area contributed by atoms with E-state index >= 15 is 0 Å². The zero-order chi connectivity index (χ0) is 33.1. The van der Waals surface area contributed by atoms with Gasteiger partial charge in [0.2, 0.25) is 0 Å². The first kappa shape index (κ1) is 38.0. The fraction of sp³-hybridized carbons (Fsp3) is 0.450. The molecule has 0 unspecified atom stereocenters. The number of fused-ring (bicyclic) bond motifs is 3. The average Bonchev–Trinajstić information content (AvgIpc) is 2.96. The van der Waals surface area contributed by atoms with Crippen LogP contribution in [0.2, 0.25) is 17.3 Å². The molecule has 0 aliphatic carbocycles. The van der Waals surface area contributed by atoms with Gasteiger partial charge in [-0.25, -0.2) is 0 Å². The molecule has 2 heterocycles. The number of ether oxygens (including phenoxy) is 1. The number of allylic oxidation sites excluding steroid dienone is 2. The third-order valence-electron chi connectivity index (χ3n) is 8.81. The van der Waals surface area contributed by atoms with Crippen molar-refractivity contribution >= 4 is 45.0 Å². The van der Waals surface area contributed by atoms with E-state index in [2.05, 4.69) is 86.6 Å². The summed E-state index contributed by atoms with van der Waals surface area (Å²) in [4.78, 5) is 16.5. The van der Waals surface area contributed by atoms with Crippen LogP contribution in [0.5, 0.6) is 11.5 Å². The van der Waals surface area contributed by atoms with E-state index in [9.17, 15) is 9.90 Å². The summed E-state index contributed by atoms with van der Waals surface area (Å²) < 4.78 is 8.15. The van der Waals surface area contributed by atoms with Crippen molar-refractivity contribution < 1.29 is 34.7 Å². The maximum atomic E-state index is 11.7. The summed E-state index contributed by atoms with van der Waals surface area (Å²) in [5.41, 5.74) is 3.56. The summed E-state index contributed by atoms with van der Waals surface area (Å²) in [7, 11) is 0. The van der Waals surface area contributed by atoms with Gasteiger partial charge in [0.15, 0.2) is 5.78 Å². The standard InChI is InChI=1S/C27H28GeNO.C13H24O2.Ir/c1-27(2,3)16-17-13-19-11-12-29-25-21-15-18-9-7-8-10-20(18)24(28(4,5)6)26(21)30-22(14-17)23(19)25;1-5-10(6-2)12(14)9-13(15)11(7-3)8-4;/h7-14H,16H2,1-6H3;9-11,14H,5-8H2,1-4H3;/q-1;;/b;12-9-;. The Morgan fingerprint density at radius 1 is 0.978 bits per heavy atom. The van der Waals surface area contributed by atoms with E-state index in [-0.39, 0.29) is 48.9 Å². The van der Waals surface area contributed by atoms with Gasteiger partial charge in [-0.05, 0) is 25.7 Å². The molecule has 6 heteroatoms. The smallest absolute Gasteiger partial charge is 0.162 e. The SMILES string of the molecule is CC(C)(C)Cc1cc2c3c(nccc3c1)-c1[c-]c3ccccc3[c]([Ge]([CH3])([CH3])[CH3])c1O2.CCC(CC)C(=O)/C=C(\O)C(CC)CC.[Ir]. The molecule has 1 aliphatic heterocycles. The van der Waals surface area contributed by atoms with Crippen LogP contribution in [0.4, 0.5) is 0 Å². The van der Waals surface area contributed by atoms with Crippen LogP contribution in [-0.4, -0.2) is 29.1 Å². The molecule has 1 N–H and O–H groups in total. The largest absolute Gasteiger partial charge is 0.512 e. The molecule has 0 saturated heterocycles. The first-order valence-electron chi connectivity index (χ1n) is 16.7. The number of hydrogen-bond donors (Lipinski definition) is 1.